The molecular formula is C18H17N5O3S. The van der Waals surface area contributed by atoms with E-state index in [9.17, 15) is 14.9 Å². The lowest BCUT2D eigenvalue weighted by Gasteiger charge is -2.08. The summed E-state index contributed by atoms with van der Waals surface area (Å²) in [6.45, 7) is 2.03. The summed E-state index contributed by atoms with van der Waals surface area (Å²) >= 11 is 1.12. The summed E-state index contributed by atoms with van der Waals surface area (Å²) < 4.78 is 1.66. The third-order valence-corrected chi connectivity index (χ3v) is 5.00. The SMILES string of the molecule is CCc1cccc(NC(=O)c2ccc(Sc3nncn3C)c([N+](=O)[O-])c2)c1. The summed E-state index contributed by atoms with van der Waals surface area (Å²) in [6.07, 6.45) is 2.36. The second-order valence-corrected chi connectivity index (χ2v) is 6.78. The first-order chi connectivity index (χ1) is 13.0. The number of hydrogen-bond donors (Lipinski definition) is 1. The summed E-state index contributed by atoms with van der Waals surface area (Å²) in [4.78, 5) is 23.9. The Balaban J connectivity index is 1.85. The van der Waals surface area contributed by atoms with Crippen molar-refractivity contribution in [2.45, 2.75) is 23.4 Å². The largest absolute Gasteiger partial charge is 0.322 e. The van der Waals surface area contributed by atoms with Gasteiger partial charge in [0.15, 0.2) is 5.16 Å². The number of carbonyl (C=O) groups is 1. The molecule has 3 aromatic rings. The van der Waals surface area contributed by atoms with E-state index in [1.807, 2.05) is 25.1 Å². The van der Waals surface area contributed by atoms with Crippen LogP contribution in [0.3, 0.4) is 0 Å². The zero-order valence-electron chi connectivity index (χ0n) is 14.7. The van der Waals surface area contributed by atoms with Gasteiger partial charge in [-0.2, -0.15) is 0 Å². The van der Waals surface area contributed by atoms with Crippen molar-refractivity contribution in [3.63, 3.8) is 0 Å². The Morgan fingerprint density at radius 3 is 2.78 bits per heavy atom. The van der Waals surface area contributed by atoms with Crippen molar-refractivity contribution in [3.05, 3.63) is 70.0 Å². The second kappa shape index (κ2) is 8.00. The van der Waals surface area contributed by atoms with Gasteiger partial charge in [-0.15, -0.1) is 10.2 Å². The van der Waals surface area contributed by atoms with Crippen LogP contribution in [0.2, 0.25) is 0 Å². The number of nitrogens with one attached hydrogen (secondary N) is 1. The number of nitrogens with zero attached hydrogens (tertiary/aromatic N) is 4. The molecule has 0 unspecified atom stereocenters. The van der Waals surface area contributed by atoms with Gasteiger partial charge in [0.1, 0.15) is 6.33 Å². The number of benzene rings is 2. The first-order valence-electron chi connectivity index (χ1n) is 8.18. The molecule has 0 spiro atoms. The molecule has 3 rings (SSSR count). The second-order valence-electron chi connectivity index (χ2n) is 5.77. The topological polar surface area (TPSA) is 103 Å². The van der Waals surface area contributed by atoms with E-state index in [0.717, 1.165) is 23.7 Å². The molecule has 1 aromatic heterocycles. The number of nitro benzene ring substituents is 1. The lowest BCUT2D eigenvalue weighted by Crippen LogP contribution is -2.12. The lowest BCUT2D eigenvalue weighted by atomic mass is 10.1. The molecule has 0 atom stereocenters. The fourth-order valence-electron chi connectivity index (χ4n) is 2.42. The summed E-state index contributed by atoms with van der Waals surface area (Å²) in [6, 6.07) is 11.9. The smallest absolute Gasteiger partial charge is 0.284 e. The van der Waals surface area contributed by atoms with Crippen LogP contribution in [-0.4, -0.2) is 25.6 Å². The van der Waals surface area contributed by atoms with E-state index in [2.05, 4.69) is 15.5 Å². The van der Waals surface area contributed by atoms with Gasteiger partial charge in [-0.05, 0) is 48.0 Å². The predicted molar refractivity (Wildman–Crippen MR) is 102 cm³/mol. The molecule has 0 radical (unpaired) electrons. The maximum absolute atomic E-state index is 12.5. The van der Waals surface area contributed by atoms with Crippen LogP contribution >= 0.6 is 11.8 Å². The molecule has 1 N–H and O–H groups in total. The first kappa shape index (κ1) is 18.6. The fraction of sp³-hybridized carbons (Fsp3) is 0.167. The van der Waals surface area contributed by atoms with Gasteiger partial charge in [0.2, 0.25) is 0 Å². The molecule has 1 amide bonds. The molecule has 0 aliphatic carbocycles. The van der Waals surface area contributed by atoms with Crippen LogP contribution in [0.25, 0.3) is 0 Å². The first-order valence-corrected chi connectivity index (χ1v) is 9.00. The van der Waals surface area contributed by atoms with Gasteiger partial charge in [-0.1, -0.05) is 19.1 Å². The number of amides is 1. The van der Waals surface area contributed by atoms with Crippen LogP contribution in [0.15, 0.2) is 58.8 Å². The maximum Gasteiger partial charge on any atom is 0.284 e. The highest BCUT2D eigenvalue weighted by Crippen LogP contribution is 2.34. The van der Waals surface area contributed by atoms with Gasteiger partial charge in [0.25, 0.3) is 11.6 Å². The highest BCUT2D eigenvalue weighted by atomic mass is 32.2. The summed E-state index contributed by atoms with van der Waals surface area (Å²) in [5.74, 6) is -0.401. The minimum atomic E-state index is -0.507. The third kappa shape index (κ3) is 4.32. The normalized spacial score (nSPS) is 10.6. The molecule has 1 heterocycles. The van der Waals surface area contributed by atoms with Crippen molar-refractivity contribution in [2.75, 3.05) is 5.32 Å². The van der Waals surface area contributed by atoms with Crippen LogP contribution < -0.4 is 5.32 Å². The Labute approximate surface area is 159 Å². The molecule has 8 nitrogen and oxygen atoms in total. The van der Waals surface area contributed by atoms with E-state index in [1.54, 1.807) is 29.8 Å². The summed E-state index contributed by atoms with van der Waals surface area (Å²) in [7, 11) is 1.75. The minimum Gasteiger partial charge on any atom is -0.322 e. The standard InChI is InChI=1S/C18H17N5O3S/c1-3-12-5-4-6-14(9-12)20-17(24)13-7-8-16(15(10-13)23(25)26)27-18-21-19-11-22(18)2/h4-11H,3H2,1-2H3,(H,20,24). The molecule has 0 fully saturated rings. The maximum atomic E-state index is 12.5. The monoisotopic (exact) mass is 383 g/mol. The Kier molecular flexibility index (Phi) is 5.51. The van der Waals surface area contributed by atoms with E-state index < -0.39 is 10.8 Å². The molecule has 0 aliphatic heterocycles. The summed E-state index contributed by atoms with van der Waals surface area (Å²) in [5, 5.41) is 22.4. The van der Waals surface area contributed by atoms with Crippen LogP contribution in [0.4, 0.5) is 11.4 Å². The quantitative estimate of drug-likeness (QED) is 0.514. The van der Waals surface area contributed by atoms with Crippen LogP contribution in [0, 0.1) is 10.1 Å². The highest BCUT2D eigenvalue weighted by molar-refractivity contribution is 7.99. The fourth-order valence-corrected chi connectivity index (χ4v) is 3.27. The number of aryl methyl sites for hydroxylation is 2. The van der Waals surface area contributed by atoms with Crippen molar-refractivity contribution in [1.82, 2.24) is 14.8 Å². The number of rotatable bonds is 6. The molecule has 0 aliphatic rings. The van der Waals surface area contributed by atoms with E-state index in [0.29, 0.717) is 15.7 Å². The van der Waals surface area contributed by atoms with Crippen molar-refractivity contribution in [1.29, 1.82) is 0 Å². The van der Waals surface area contributed by atoms with E-state index in [-0.39, 0.29) is 11.3 Å². The van der Waals surface area contributed by atoms with Crippen LogP contribution in [-0.2, 0) is 13.5 Å². The van der Waals surface area contributed by atoms with Crippen LogP contribution in [0.5, 0.6) is 0 Å². The number of hydrogen-bond acceptors (Lipinski definition) is 6. The Morgan fingerprint density at radius 1 is 1.30 bits per heavy atom. The van der Waals surface area contributed by atoms with E-state index in [1.165, 1.54) is 12.4 Å². The van der Waals surface area contributed by atoms with Gasteiger partial charge in [0.05, 0.1) is 9.82 Å². The van der Waals surface area contributed by atoms with E-state index >= 15 is 0 Å². The van der Waals surface area contributed by atoms with Gasteiger partial charge >= 0.3 is 0 Å². The van der Waals surface area contributed by atoms with Crippen molar-refractivity contribution < 1.29 is 9.72 Å². The Hall–Kier alpha value is -3.20. The zero-order chi connectivity index (χ0) is 19.4. The molecule has 0 bridgehead atoms. The van der Waals surface area contributed by atoms with Crippen molar-refractivity contribution in [3.8, 4) is 0 Å². The van der Waals surface area contributed by atoms with E-state index in [4.69, 9.17) is 0 Å². The molecular weight excluding hydrogens is 366 g/mol. The van der Waals surface area contributed by atoms with Crippen molar-refractivity contribution >= 4 is 29.0 Å². The van der Waals surface area contributed by atoms with Gasteiger partial charge in [-0.25, -0.2) is 0 Å². The molecule has 9 heteroatoms. The summed E-state index contributed by atoms with van der Waals surface area (Å²) in [5.41, 5.74) is 1.80. The lowest BCUT2D eigenvalue weighted by molar-refractivity contribution is -0.387. The predicted octanol–water partition coefficient (Wildman–Crippen LogP) is 3.69. The van der Waals surface area contributed by atoms with Gasteiger partial charge in [-0.3, -0.25) is 14.9 Å². The minimum absolute atomic E-state index is 0.155. The number of aromatic nitrogens is 3. The average molecular weight is 383 g/mol. The number of carbonyl (C=O) groups excluding carboxylic acids is 1. The number of nitro groups is 1. The van der Waals surface area contributed by atoms with Crippen molar-refractivity contribution in [2.24, 2.45) is 7.05 Å². The molecule has 27 heavy (non-hydrogen) atoms. The van der Waals surface area contributed by atoms with Gasteiger partial charge in [0, 0.05) is 24.4 Å². The Bertz CT molecular complexity index is 1000. The molecule has 0 saturated carbocycles. The molecule has 138 valence electrons. The zero-order valence-corrected chi connectivity index (χ0v) is 15.6. The average Bonchev–Trinajstić information content (AvgIpc) is 3.06. The highest BCUT2D eigenvalue weighted by Gasteiger charge is 2.20. The van der Waals surface area contributed by atoms with Gasteiger partial charge < -0.3 is 9.88 Å². The van der Waals surface area contributed by atoms with Crippen LogP contribution in [0.1, 0.15) is 22.8 Å². The third-order valence-electron chi connectivity index (χ3n) is 3.88. The Morgan fingerprint density at radius 2 is 2.11 bits per heavy atom. The molecule has 2 aromatic carbocycles. The number of anilines is 1. The molecule has 0 saturated heterocycles.